The number of rotatable bonds is 3. The minimum Gasteiger partial charge on any atom is -0.396 e. The van der Waals surface area contributed by atoms with E-state index in [1.165, 1.54) is 0 Å². The maximum atomic E-state index is 11.8. The molecule has 1 unspecified atom stereocenters. The first-order chi connectivity index (χ1) is 8.76. The lowest BCUT2D eigenvalue weighted by molar-refractivity contribution is -0.128. The maximum absolute atomic E-state index is 11.8. The molecule has 1 aromatic carbocycles. The third-order valence-corrected chi connectivity index (χ3v) is 3.41. The number of amides is 1. The number of aromatic nitrogens is 2. The molecule has 5 heteroatoms. The number of aromatic amines is 1. The molecule has 94 valence electrons. The first-order valence-electron chi connectivity index (χ1n) is 6.07. The highest BCUT2D eigenvalue weighted by Gasteiger charge is 2.28. The predicted octanol–water partition coefficient (Wildman–Crippen LogP) is 0.904. The Bertz CT molecular complexity index is 578. The van der Waals surface area contributed by atoms with Gasteiger partial charge in [-0.2, -0.15) is 0 Å². The van der Waals surface area contributed by atoms with Crippen molar-refractivity contribution in [1.82, 2.24) is 14.9 Å². The molecule has 0 saturated carbocycles. The molecule has 2 heterocycles. The van der Waals surface area contributed by atoms with Gasteiger partial charge in [0.2, 0.25) is 5.91 Å². The van der Waals surface area contributed by atoms with E-state index < -0.39 is 0 Å². The summed E-state index contributed by atoms with van der Waals surface area (Å²) in [7, 11) is 0. The Morgan fingerprint density at radius 2 is 2.39 bits per heavy atom. The zero-order valence-electron chi connectivity index (χ0n) is 9.97. The molecule has 1 atom stereocenters. The van der Waals surface area contributed by atoms with E-state index >= 15 is 0 Å². The molecule has 2 aromatic rings. The maximum Gasteiger partial charge on any atom is 0.223 e. The molecule has 1 fully saturated rings. The van der Waals surface area contributed by atoms with Gasteiger partial charge in [0.1, 0.15) is 0 Å². The van der Waals surface area contributed by atoms with E-state index in [0.717, 1.165) is 16.6 Å². The minimum absolute atomic E-state index is 0.0851. The van der Waals surface area contributed by atoms with Gasteiger partial charge in [-0.1, -0.05) is 6.07 Å². The van der Waals surface area contributed by atoms with E-state index in [9.17, 15) is 4.79 Å². The van der Waals surface area contributed by atoms with Gasteiger partial charge in [-0.15, -0.1) is 0 Å². The normalized spacial score (nSPS) is 19.9. The van der Waals surface area contributed by atoms with Crippen LogP contribution in [0.1, 0.15) is 12.0 Å². The molecule has 1 aliphatic heterocycles. The van der Waals surface area contributed by atoms with Crippen LogP contribution in [-0.2, 0) is 11.3 Å². The number of H-pyrrole nitrogens is 1. The molecule has 2 N–H and O–H groups in total. The number of aliphatic hydroxyl groups excluding tert-OH is 1. The van der Waals surface area contributed by atoms with Crippen molar-refractivity contribution < 1.29 is 9.90 Å². The van der Waals surface area contributed by atoms with Crippen molar-refractivity contribution in [2.24, 2.45) is 5.92 Å². The van der Waals surface area contributed by atoms with Crippen molar-refractivity contribution >= 4 is 16.9 Å². The van der Waals surface area contributed by atoms with Crippen molar-refractivity contribution in [3.63, 3.8) is 0 Å². The smallest absolute Gasteiger partial charge is 0.223 e. The average Bonchev–Trinajstić information content (AvgIpc) is 2.96. The number of benzene rings is 1. The number of fused-ring (bicyclic) bond motifs is 1. The van der Waals surface area contributed by atoms with Crippen LogP contribution in [0.3, 0.4) is 0 Å². The van der Waals surface area contributed by atoms with Gasteiger partial charge in [-0.05, 0) is 17.7 Å². The standard InChI is InChI=1S/C13H15N3O2/c17-7-10-4-13(18)16(6-10)5-9-1-2-11-12(3-9)15-8-14-11/h1-3,8,10,17H,4-7H2,(H,14,15). The Balaban J connectivity index is 1.77. The number of hydrogen-bond donors (Lipinski definition) is 2. The SMILES string of the molecule is O=C1CC(CO)CN1Cc1ccc2nc[nH]c2c1. The Morgan fingerprint density at radius 3 is 3.17 bits per heavy atom. The van der Waals surface area contributed by atoms with Crippen molar-refractivity contribution in [2.45, 2.75) is 13.0 Å². The highest BCUT2D eigenvalue weighted by atomic mass is 16.3. The van der Waals surface area contributed by atoms with Gasteiger partial charge >= 0.3 is 0 Å². The second-order valence-electron chi connectivity index (χ2n) is 4.78. The molecule has 1 aliphatic rings. The zero-order valence-corrected chi connectivity index (χ0v) is 9.97. The number of likely N-dealkylation sites (tertiary alicyclic amines) is 1. The Labute approximate surface area is 104 Å². The molecular formula is C13H15N3O2. The van der Waals surface area contributed by atoms with Crippen LogP contribution < -0.4 is 0 Å². The molecule has 0 radical (unpaired) electrons. The van der Waals surface area contributed by atoms with Crippen molar-refractivity contribution in [3.05, 3.63) is 30.1 Å². The van der Waals surface area contributed by atoms with Crippen molar-refractivity contribution in [3.8, 4) is 0 Å². The Morgan fingerprint density at radius 1 is 1.50 bits per heavy atom. The molecule has 0 spiro atoms. The largest absolute Gasteiger partial charge is 0.396 e. The predicted molar refractivity (Wildman–Crippen MR) is 66.7 cm³/mol. The summed E-state index contributed by atoms with van der Waals surface area (Å²) in [6.45, 7) is 1.34. The lowest BCUT2D eigenvalue weighted by Gasteiger charge is -2.16. The van der Waals surface area contributed by atoms with Crippen LogP contribution in [0, 0.1) is 5.92 Å². The lowest BCUT2D eigenvalue weighted by Crippen LogP contribution is -2.24. The highest BCUT2D eigenvalue weighted by molar-refractivity contribution is 5.79. The van der Waals surface area contributed by atoms with E-state index in [-0.39, 0.29) is 18.4 Å². The fourth-order valence-electron chi connectivity index (χ4n) is 2.43. The minimum atomic E-state index is 0.0851. The first kappa shape index (κ1) is 11.2. The monoisotopic (exact) mass is 245 g/mol. The summed E-state index contributed by atoms with van der Waals surface area (Å²) in [6, 6.07) is 5.95. The number of nitrogens with one attached hydrogen (secondary N) is 1. The van der Waals surface area contributed by atoms with Crippen LogP contribution in [-0.4, -0.2) is 39.0 Å². The molecule has 5 nitrogen and oxygen atoms in total. The van der Waals surface area contributed by atoms with Crippen molar-refractivity contribution in [2.75, 3.05) is 13.2 Å². The third kappa shape index (κ3) is 1.97. The van der Waals surface area contributed by atoms with Crippen LogP contribution in [0.25, 0.3) is 11.0 Å². The average molecular weight is 245 g/mol. The second-order valence-corrected chi connectivity index (χ2v) is 4.78. The number of carbonyl (C=O) groups excluding carboxylic acids is 1. The fraction of sp³-hybridized carbons (Fsp3) is 0.385. The lowest BCUT2D eigenvalue weighted by atomic mass is 10.1. The van der Waals surface area contributed by atoms with E-state index in [4.69, 9.17) is 5.11 Å². The quantitative estimate of drug-likeness (QED) is 0.844. The van der Waals surface area contributed by atoms with Gasteiger partial charge in [0.15, 0.2) is 0 Å². The van der Waals surface area contributed by atoms with E-state index in [1.54, 1.807) is 11.2 Å². The molecular weight excluding hydrogens is 230 g/mol. The Kier molecular flexibility index (Phi) is 2.76. The van der Waals surface area contributed by atoms with Crippen LogP contribution in [0.5, 0.6) is 0 Å². The van der Waals surface area contributed by atoms with Crippen molar-refractivity contribution in [1.29, 1.82) is 0 Å². The molecule has 1 saturated heterocycles. The topological polar surface area (TPSA) is 69.2 Å². The van der Waals surface area contributed by atoms with Crippen LogP contribution in [0.2, 0.25) is 0 Å². The summed E-state index contributed by atoms with van der Waals surface area (Å²) < 4.78 is 0. The summed E-state index contributed by atoms with van der Waals surface area (Å²) in [4.78, 5) is 20.8. The summed E-state index contributed by atoms with van der Waals surface area (Å²) in [5, 5.41) is 9.09. The molecule has 18 heavy (non-hydrogen) atoms. The van der Waals surface area contributed by atoms with Gasteiger partial charge < -0.3 is 15.0 Å². The number of aliphatic hydroxyl groups is 1. The third-order valence-electron chi connectivity index (χ3n) is 3.41. The molecule has 0 aliphatic carbocycles. The summed E-state index contributed by atoms with van der Waals surface area (Å²) >= 11 is 0. The van der Waals surface area contributed by atoms with E-state index in [0.29, 0.717) is 19.5 Å². The summed E-state index contributed by atoms with van der Waals surface area (Å²) in [6.07, 6.45) is 2.13. The Hall–Kier alpha value is -1.88. The fourth-order valence-corrected chi connectivity index (χ4v) is 2.43. The number of imidazole rings is 1. The molecule has 1 aromatic heterocycles. The van der Waals surface area contributed by atoms with Gasteiger partial charge in [0, 0.05) is 32.0 Å². The van der Waals surface area contributed by atoms with E-state index in [2.05, 4.69) is 9.97 Å². The van der Waals surface area contributed by atoms with Crippen LogP contribution >= 0.6 is 0 Å². The number of carbonyl (C=O) groups is 1. The molecule has 0 bridgehead atoms. The molecule has 1 amide bonds. The van der Waals surface area contributed by atoms with Crippen LogP contribution in [0.4, 0.5) is 0 Å². The highest BCUT2D eigenvalue weighted by Crippen LogP contribution is 2.20. The number of hydrogen-bond acceptors (Lipinski definition) is 3. The summed E-state index contributed by atoms with van der Waals surface area (Å²) in [5.74, 6) is 0.215. The first-order valence-corrected chi connectivity index (χ1v) is 6.07. The van der Waals surface area contributed by atoms with Crippen LogP contribution in [0.15, 0.2) is 24.5 Å². The molecule has 3 rings (SSSR count). The number of nitrogens with zero attached hydrogens (tertiary/aromatic N) is 2. The van der Waals surface area contributed by atoms with Gasteiger partial charge in [-0.3, -0.25) is 4.79 Å². The van der Waals surface area contributed by atoms with Gasteiger partial charge in [-0.25, -0.2) is 4.98 Å². The van der Waals surface area contributed by atoms with E-state index in [1.807, 2.05) is 18.2 Å². The van der Waals surface area contributed by atoms with Gasteiger partial charge in [0.05, 0.1) is 17.4 Å². The van der Waals surface area contributed by atoms with Gasteiger partial charge in [0.25, 0.3) is 0 Å². The summed E-state index contributed by atoms with van der Waals surface area (Å²) in [5.41, 5.74) is 3.00. The second kappa shape index (κ2) is 4.42. The zero-order chi connectivity index (χ0) is 12.5.